The smallest absolute Gasteiger partial charge is 0.366 e. The van der Waals surface area contributed by atoms with Gasteiger partial charge in [0.25, 0.3) is 0 Å². The van der Waals surface area contributed by atoms with Crippen LogP contribution in [0.25, 0.3) is 11.1 Å². The number of hydrogen-bond donors (Lipinski definition) is 2. The number of hydrogen-bond acceptors (Lipinski definition) is 4. The highest BCUT2D eigenvalue weighted by molar-refractivity contribution is 6.05. The number of nitrogens with two attached hydrogens (primary N) is 1. The molecule has 1 heterocycles. The molecule has 0 bridgehead atoms. The third-order valence-corrected chi connectivity index (χ3v) is 5.42. The molecular weight excluding hydrogens is 369 g/mol. The number of amidine groups is 1. The van der Waals surface area contributed by atoms with Gasteiger partial charge >= 0.3 is 5.90 Å². The molecule has 5 N–H and O–H groups in total. The van der Waals surface area contributed by atoms with Crippen LogP contribution in [0.1, 0.15) is 30.4 Å². The van der Waals surface area contributed by atoms with E-state index in [2.05, 4.69) is 15.0 Å². The Kier molecular flexibility index (Phi) is 4.80. The Morgan fingerprint density at radius 3 is 2.34 bits per heavy atom. The summed E-state index contributed by atoms with van der Waals surface area (Å²) in [6.45, 7) is 0. The van der Waals surface area contributed by atoms with E-state index in [9.17, 15) is 4.39 Å². The van der Waals surface area contributed by atoms with Crippen molar-refractivity contribution in [2.24, 2.45) is 4.99 Å². The first-order valence-corrected chi connectivity index (χ1v) is 9.32. The molecule has 4 rings (SSSR count). The Balaban J connectivity index is 1.61. The van der Waals surface area contributed by atoms with Crippen LogP contribution in [0.15, 0.2) is 65.9 Å². The summed E-state index contributed by atoms with van der Waals surface area (Å²) in [4.78, 5) is 12.2. The van der Waals surface area contributed by atoms with Crippen LogP contribution in [-0.2, 0) is 5.41 Å². The van der Waals surface area contributed by atoms with Crippen LogP contribution in [0.5, 0.6) is 0 Å². The fourth-order valence-corrected chi connectivity index (χ4v) is 3.58. The second-order valence-corrected chi connectivity index (χ2v) is 7.16. The number of anilines is 1. The topological polar surface area (TPSA) is 111 Å². The van der Waals surface area contributed by atoms with Crippen LogP contribution in [-0.4, -0.2) is 26.8 Å². The van der Waals surface area contributed by atoms with Crippen molar-refractivity contribution in [3.05, 3.63) is 77.9 Å². The van der Waals surface area contributed by atoms with Gasteiger partial charge in [-0.2, -0.15) is 0 Å². The van der Waals surface area contributed by atoms with Gasteiger partial charge < -0.3 is 10.8 Å². The molecule has 0 unspecified atom stereocenters. The first kappa shape index (κ1) is 18.7. The Morgan fingerprint density at radius 2 is 1.76 bits per heavy atom. The van der Waals surface area contributed by atoms with Crippen molar-refractivity contribution in [3.8, 4) is 11.1 Å². The fraction of sp³-hybridized carbons (Fsp3) is 0.182. The Bertz CT molecular complexity index is 1070. The largest absolute Gasteiger partial charge is 0.578 e. The van der Waals surface area contributed by atoms with Crippen molar-refractivity contribution in [3.63, 3.8) is 0 Å². The minimum absolute atomic E-state index is 0.101. The molecule has 0 amide bonds. The molecule has 0 atom stereocenters. The zero-order valence-electron chi connectivity index (χ0n) is 15.7. The number of halogens is 1. The van der Waals surface area contributed by atoms with Gasteiger partial charge in [0.15, 0.2) is 0 Å². The van der Waals surface area contributed by atoms with E-state index in [1.807, 2.05) is 24.3 Å². The lowest BCUT2D eigenvalue weighted by Gasteiger charge is -2.41. The highest BCUT2D eigenvalue weighted by atomic mass is 19.1. The van der Waals surface area contributed by atoms with Gasteiger partial charge in [0.05, 0.1) is 11.0 Å². The first-order chi connectivity index (χ1) is 14.0. The zero-order chi connectivity index (χ0) is 20.4. The average Bonchev–Trinajstić information content (AvgIpc) is 2.68. The summed E-state index contributed by atoms with van der Waals surface area (Å²) in [5.74, 6) is -0.151. The molecule has 7 heteroatoms. The highest BCUT2D eigenvalue weighted by Crippen LogP contribution is 2.45. The lowest BCUT2D eigenvalue weighted by Crippen LogP contribution is -2.41. The van der Waals surface area contributed by atoms with E-state index in [4.69, 9.17) is 16.2 Å². The van der Waals surface area contributed by atoms with E-state index in [-0.39, 0.29) is 17.7 Å². The van der Waals surface area contributed by atoms with E-state index < -0.39 is 11.2 Å². The molecule has 0 radical (unpaired) electrons. The van der Waals surface area contributed by atoms with Crippen LogP contribution in [0.3, 0.4) is 0 Å². The van der Waals surface area contributed by atoms with Gasteiger partial charge in [0.1, 0.15) is 11.7 Å². The summed E-state index contributed by atoms with van der Waals surface area (Å²) in [6.07, 6.45) is 5.95. The monoisotopic (exact) mass is 390 g/mol. The molecule has 1 fully saturated rings. The Labute approximate surface area is 167 Å². The summed E-state index contributed by atoms with van der Waals surface area (Å²) in [7, 11) is 0. The van der Waals surface area contributed by atoms with Crippen LogP contribution in [0.4, 0.5) is 10.3 Å². The van der Waals surface area contributed by atoms with Crippen LogP contribution >= 0.6 is 0 Å². The van der Waals surface area contributed by atoms with E-state index in [1.165, 1.54) is 18.2 Å². The maximum Gasteiger partial charge on any atom is 0.366 e. The molecule has 2 aromatic carbocycles. The predicted octanol–water partition coefficient (Wildman–Crippen LogP) is 3.44. The molecule has 0 aliphatic heterocycles. The van der Waals surface area contributed by atoms with Crippen molar-refractivity contribution >= 4 is 17.7 Å². The summed E-state index contributed by atoms with van der Waals surface area (Å²) in [5.41, 5.74) is 8.21. The van der Waals surface area contributed by atoms with E-state index in [1.54, 1.807) is 18.5 Å². The second kappa shape index (κ2) is 7.43. The van der Waals surface area contributed by atoms with Crippen molar-refractivity contribution in [2.45, 2.75) is 24.7 Å². The third-order valence-electron chi connectivity index (χ3n) is 5.42. The van der Waals surface area contributed by atoms with Gasteiger partial charge in [-0.15, -0.1) is 4.99 Å². The summed E-state index contributed by atoms with van der Waals surface area (Å²) in [5, 5.41) is 16.7. The van der Waals surface area contributed by atoms with Crippen LogP contribution in [0.2, 0.25) is 0 Å². The Morgan fingerprint density at radius 1 is 1.07 bits per heavy atom. The standard InChI is InChI=1S/C22H20FN5O/c23-18-4-1-3-15(11-18)19(29)28-20(24)22(9-2-10-22)17-7-5-14(6-8-17)16-12-26-21(25)27-13-16/h1,3-8,11-13H,2,9-10H2,(H2,24,28,29)(H2,25,26,27)/p+1. The lowest BCUT2D eigenvalue weighted by molar-refractivity contribution is 0.336. The van der Waals surface area contributed by atoms with Gasteiger partial charge in [0, 0.05) is 18.0 Å². The van der Waals surface area contributed by atoms with Gasteiger partial charge in [-0.05, 0) is 42.2 Å². The number of nitrogens with zero attached hydrogens (tertiary/aromatic N) is 3. The Hall–Kier alpha value is -3.61. The summed E-state index contributed by atoms with van der Waals surface area (Å²) in [6, 6.07) is 13.7. The quantitative estimate of drug-likeness (QED) is 0.404. The van der Waals surface area contributed by atoms with Gasteiger partial charge in [-0.1, -0.05) is 36.8 Å². The fourth-order valence-electron chi connectivity index (χ4n) is 3.58. The molecule has 0 saturated heterocycles. The minimum Gasteiger partial charge on any atom is -0.578 e. The second-order valence-electron chi connectivity index (χ2n) is 7.16. The molecule has 1 aromatic heterocycles. The van der Waals surface area contributed by atoms with Gasteiger partial charge in [0.2, 0.25) is 5.95 Å². The van der Waals surface area contributed by atoms with Crippen molar-refractivity contribution in [1.82, 2.24) is 9.97 Å². The third kappa shape index (κ3) is 3.59. The molecule has 1 saturated carbocycles. The highest BCUT2D eigenvalue weighted by Gasteiger charge is 2.43. The van der Waals surface area contributed by atoms with Crippen molar-refractivity contribution in [2.75, 3.05) is 5.73 Å². The lowest BCUT2D eigenvalue weighted by atomic mass is 9.63. The first-order valence-electron chi connectivity index (χ1n) is 9.32. The maximum atomic E-state index is 13.4. The molecule has 3 aromatic rings. The molecule has 0 spiro atoms. The number of benzene rings is 2. The van der Waals surface area contributed by atoms with E-state index >= 15 is 0 Å². The van der Waals surface area contributed by atoms with E-state index in [0.29, 0.717) is 5.56 Å². The minimum atomic E-state index is -0.504. The molecule has 146 valence electrons. The van der Waals surface area contributed by atoms with Crippen molar-refractivity contribution in [1.29, 1.82) is 5.41 Å². The summed E-state index contributed by atoms with van der Waals surface area (Å²) >= 11 is 0. The number of nitrogens with one attached hydrogen (secondary N) is 1. The van der Waals surface area contributed by atoms with Gasteiger partial charge in [-0.25, -0.2) is 14.4 Å². The van der Waals surface area contributed by atoms with Crippen LogP contribution < -0.4 is 5.73 Å². The number of aromatic nitrogens is 2. The van der Waals surface area contributed by atoms with Crippen molar-refractivity contribution < 1.29 is 9.50 Å². The van der Waals surface area contributed by atoms with Crippen LogP contribution in [0, 0.1) is 11.2 Å². The predicted molar refractivity (Wildman–Crippen MR) is 112 cm³/mol. The van der Waals surface area contributed by atoms with Gasteiger partial charge in [-0.3, -0.25) is 5.41 Å². The SMILES string of the molecule is N=C(N=C([OH2+])c1cccc(F)c1)C1(c2ccc(-c3cnc(N)nc3)cc2)CCC1. The average molecular weight is 390 g/mol. The maximum absolute atomic E-state index is 13.4. The molecule has 6 nitrogen and oxygen atoms in total. The van der Waals surface area contributed by atoms with E-state index in [0.717, 1.165) is 36.0 Å². The number of aliphatic imine (C=N–C) groups is 1. The molecule has 1 aliphatic rings. The number of rotatable bonds is 4. The molecule has 1 aliphatic carbocycles. The summed E-state index contributed by atoms with van der Waals surface area (Å²) < 4.78 is 13.4. The molecule has 29 heavy (non-hydrogen) atoms. The molecular formula is C22H21FN5O+. The zero-order valence-corrected chi connectivity index (χ0v) is 15.7. The normalized spacial score (nSPS) is 15.6. The number of nitrogen functional groups attached to an aromatic ring is 1.